The van der Waals surface area contributed by atoms with E-state index in [1.807, 2.05) is 6.92 Å². The molecule has 0 unspecified atom stereocenters. The van der Waals surface area contributed by atoms with Crippen molar-refractivity contribution < 1.29 is 28.0 Å². The highest BCUT2D eigenvalue weighted by atomic mass is 19.1. The Balaban J connectivity index is 3.07. The molecule has 0 fully saturated rings. The molecule has 1 aromatic carbocycles. The average molecular weight is 248 g/mol. The van der Waals surface area contributed by atoms with Crippen molar-refractivity contribution in [1.82, 2.24) is 0 Å². The Labute approximate surface area is 97.0 Å². The van der Waals surface area contributed by atoms with E-state index >= 15 is 0 Å². The van der Waals surface area contributed by atoms with Gasteiger partial charge in [-0.25, -0.2) is 13.2 Å². The molecule has 17 heavy (non-hydrogen) atoms. The molecule has 0 atom stereocenters. The maximum atomic E-state index is 13.5. The lowest BCUT2D eigenvalue weighted by Crippen LogP contribution is -2.36. The number of hydrogen-bond donors (Lipinski definition) is 2. The molecule has 0 heterocycles. The maximum absolute atomic E-state index is 13.5. The summed E-state index contributed by atoms with van der Waals surface area (Å²) in [4.78, 5) is 0. The van der Waals surface area contributed by atoms with E-state index in [-0.39, 0.29) is 6.61 Å². The van der Waals surface area contributed by atoms with Crippen LogP contribution in [0.2, 0.25) is 0 Å². The number of halogens is 3. The quantitative estimate of drug-likeness (QED) is 0.602. The minimum atomic E-state index is -2.36. The van der Waals surface area contributed by atoms with E-state index in [4.69, 9.17) is 14.8 Å². The van der Waals surface area contributed by atoms with Gasteiger partial charge in [0.15, 0.2) is 17.4 Å². The zero-order chi connectivity index (χ0) is 13.0. The Bertz CT molecular complexity index is 399. The summed E-state index contributed by atoms with van der Waals surface area (Å²) in [6, 6.07) is 0.360. The molecule has 0 aromatic heterocycles. The van der Waals surface area contributed by atoms with Crippen molar-refractivity contribution in [2.24, 2.45) is 0 Å². The highest BCUT2D eigenvalue weighted by Crippen LogP contribution is 2.22. The van der Waals surface area contributed by atoms with Crippen LogP contribution < -0.4 is 10.2 Å². The van der Waals surface area contributed by atoms with E-state index in [0.29, 0.717) is 12.5 Å². The summed E-state index contributed by atoms with van der Waals surface area (Å²) in [5, 5.41) is 17.5. The largest absolute Gasteiger partial charge is 0.494 e. The fraction of sp³-hybridized carbons (Fsp3) is 0.400. The second-order valence-corrected chi connectivity index (χ2v) is 3.47. The van der Waals surface area contributed by atoms with Crippen LogP contribution in [0.25, 0.3) is 0 Å². The van der Waals surface area contributed by atoms with E-state index in [2.05, 4.69) is 0 Å². The minimum absolute atomic E-state index is 0.0664. The Hall–Kier alpha value is -1.21. The van der Waals surface area contributed by atoms with E-state index in [0.717, 1.165) is 6.42 Å². The van der Waals surface area contributed by atoms with Crippen LogP contribution in [-0.2, 0) is 0 Å². The smallest absolute Gasteiger partial charge is 0.488 e. The zero-order valence-electron chi connectivity index (χ0n) is 9.21. The molecule has 94 valence electrons. The molecular formula is C10H12BF3O3. The highest BCUT2D eigenvalue weighted by molar-refractivity contribution is 6.58. The monoisotopic (exact) mass is 248 g/mol. The second kappa shape index (κ2) is 5.93. The third-order valence-corrected chi connectivity index (χ3v) is 2.17. The first-order valence-electron chi connectivity index (χ1n) is 5.15. The molecule has 0 amide bonds. The van der Waals surface area contributed by atoms with Crippen molar-refractivity contribution >= 4 is 12.6 Å². The third-order valence-electron chi connectivity index (χ3n) is 2.17. The summed E-state index contributed by atoms with van der Waals surface area (Å²) in [6.45, 7) is 1.93. The Morgan fingerprint density at radius 2 is 1.88 bits per heavy atom. The lowest BCUT2D eigenvalue weighted by molar-refractivity contribution is 0.277. The van der Waals surface area contributed by atoms with Crippen LogP contribution in [0.4, 0.5) is 13.2 Å². The predicted octanol–water partition coefficient (Wildman–Crippen LogP) is 0.963. The van der Waals surface area contributed by atoms with Crippen molar-refractivity contribution in [3.8, 4) is 5.75 Å². The van der Waals surface area contributed by atoms with Gasteiger partial charge in [0.25, 0.3) is 0 Å². The molecule has 0 bridgehead atoms. The normalized spacial score (nSPS) is 10.5. The molecule has 1 rings (SSSR count). The standard InChI is InChI=1S/C10H12BF3O3/c1-2-3-4-17-10-7(13)5-6(12)8(9(10)14)11(15)16/h5,15-16H,2-4H2,1H3. The number of rotatable bonds is 5. The van der Waals surface area contributed by atoms with E-state index in [1.165, 1.54) is 0 Å². The molecule has 2 N–H and O–H groups in total. The van der Waals surface area contributed by atoms with Crippen LogP contribution in [0, 0.1) is 17.5 Å². The first kappa shape index (κ1) is 13.9. The van der Waals surface area contributed by atoms with Gasteiger partial charge in [-0.2, -0.15) is 0 Å². The fourth-order valence-corrected chi connectivity index (χ4v) is 1.27. The zero-order valence-corrected chi connectivity index (χ0v) is 9.21. The van der Waals surface area contributed by atoms with Gasteiger partial charge in [-0.3, -0.25) is 0 Å². The van der Waals surface area contributed by atoms with E-state index in [1.54, 1.807) is 0 Å². The van der Waals surface area contributed by atoms with Crippen molar-refractivity contribution in [3.63, 3.8) is 0 Å². The third kappa shape index (κ3) is 3.14. The van der Waals surface area contributed by atoms with Crippen LogP contribution in [0.15, 0.2) is 6.07 Å². The second-order valence-electron chi connectivity index (χ2n) is 3.47. The summed E-state index contributed by atoms with van der Waals surface area (Å²) in [6.07, 6.45) is 1.34. The molecule has 0 spiro atoms. The molecule has 7 heteroatoms. The van der Waals surface area contributed by atoms with Gasteiger partial charge in [-0.05, 0) is 6.42 Å². The summed E-state index contributed by atoms with van der Waals surface area (Å²) in [5.74, 6) is -4.78. The fourth-order valence-electron chi connectivity index (χ4n) is 1.27. The molecular weight excluding hydrogens is 236 g/mol. The van der Waals surface area contributed by atoms with Gasteiger partial charge in [-0.15, -0.1) is 0 Å². The molecule has 3 nitrogen and oxygen atoms in total. The molecule has 0 saturated carbocycles. The minimum Gasteiger partial charge on any atom is -0.488 e. The lowest BCUT2D eigenvalue weighted by Gasteiger charge is -2.11. The Morgan fingerprint density at radius 3 is 2.41 bits per heavy atom. The van der Waals surface area contributed by atoms with Crippen LogP contribution in [-0.4, -0.2) is 23.8 Å². The van der Waals surface area contributed by atoms with Gasteiger partial charge in [0.1, 0.15) is 5.82 Å². The van der Waals surface area contributed by atoms with Crippen LogP contribution >= 0.6 is 0 Å². The average Bonchev–Trinajstić information content (AvgIpc) is 2.21. The molecule has 0 aliphatic rings. The molecule has 0 aliphatic heterocycles. The first-order chi connectivity index (χ1) is 7.99. The Kier molecular flexibility index (Phi) is 4.83. The van der Waals surface area contributed by atoms with Crippen LogP contribution in [0.3, 0.4) is 0 Å². The van der Waals surface area contributed by atoms with Gasteiger partial charge < -0.3 is 14.8 Å². The van der Waals surface area contributed by atoms with Gasteiger partial charge in [-0.1, -0.05) is 13.3 Å². The van der Waals surface area contributed by atoms with Crippen molar-refractivity contribution in [3.05, 3.63) is 23.5 Å². The number of unbranched alkanes of at least 4 members (excludes halogenated alkanes) is 1. The predicted molar refractivity (Wildman–Crippen MR) is 56.5 cm³/mol. The first-order valence-corrected chi connectivity index (χ1v) is 5.15. The molecule has 0 aliphatic carbocycles. The van der Waals surface area contributed by atoms with Gasteiger partial charge in [0.2, 0.25) is 0 Å². The number of hydrogen-bond acceptors (Lipinski definition) is 3. The summed E-state index contributed by atoms with van der Waals surface area (Å²) in [7, 11) is -2.36. The topological polar surface area (TPSA) is 49.7 Å². The van der Waals surface area contributed by atoms with Gasteiger partial charge in [0.05, 0.1) is 12.1 Å². The highest BCUT2D eigenvalue weighted by Gasteiger charge is 2.27. The van der Waals surface area contributed by atoms with Crippen molar-refractivity contribution in [2.45, 2.75) is 19.8 Å². The molecule has 0 saturated heterocycles. The number of ether oxygens (including phenoxy) is 1. The van der Waals surface area contributed by atoms with Gasteiger partial charge in [0, 0.05) is 6.07 Å². The summed E-state index contributed by atoms with van der Waals surface area (Å²) in [5.41, 5.74) is -1.02. The van der Waals surface area contributed by atoms with E-state index in [9.17, 15) is 13.2 Å². The number of benzene rings is 1. The van der Waals surface area contributed by atoms with Gasteiger partial charge >= 0.3 is 7.12 Å². The van der Waals surface area contributed by atoms with Crippen molar-refractivity contribution in [1.29, 1.82) is 0 Å². The lowest BCUT2D eigenvalue weighted by atomic mass is 9.79. The maximum Gasteiger partial charge on any atom is 0.494 e. The summed E-state index contributed by atoms with van der Waals surface area (Å²) < 4.78 is 44.7. The SMILES string of the molecule is CCCCOc1c(F)cc(F)c(B(O)O)c1F. The Morgan fingerprint density at radius 1 is 1.24 bits per heavy atom. The molecule has 0 radical (unpaired) electrons. The molecule has 1 aromatic rings. The van der Waals surface area contributed by atoms with Crippen LogP contribution in [0.5, 0.6) is 5.75 Å². The summed E-state index contributed by atoms with van der Waals surface area (Å²) >= 11 is 0. The van der Waals surface area contributed by atoms with Crippen molar-refractivity contribution in [2.75, 3.05) is 6.61 Å². The van der Waals surface area contributed by atoms with Crippen LogP contribution in [0.1, 0.15) is 19.8 Å². The van der Waals surface area contributed by atoms with E-state index < -0.39 is 35.8 Å².